The molecule has 6 heteroatoms. The molecule has 0 unspecified atom stereocenters. The van der Waals surface area contributed by atoms with Crippen molar-refractivity contribution in [2.45, 2.75) is 284 Å². The third-order valence-electron chi connectivity index (χ3n) is 12.2. The molecule has 0 saturated carbocycles. The van der Waals surface area contributed by atoms with E-state index in [9.17, 15) is 14.4 Å². The zero-order valence-corrected chi connectivity index (χ0v) is 44.2. The Morgan fingerprint density at radius 3 is 0.940 bits per heavy atom. The fourth-order valence-corrected chi connectivity index (χ4v) is 7.93. The Bertz CT molecular complexity index is 1260. The van der Waals surface area contributed by atoms with E-state index in [1.807, 2.05) is 0 Å². The lowest BCUT2D eigenvalue weighted by Gasteiger charge is -2.18. The molecule has 0 spiro atoms. The van der Waals surface area contributed by atoms with Crippen LogP contribution in [0.3, 0.4) is 0 Å². The molecule has 0 rings (SSSR count). The van der Waals surface area contributed by atoms with Gasteiger partial charge in [-0.2, -0.15) is 0 Å². The van der Waals surface area contributed by atoms with Gasteiger partial charge >= 0.3 is 17.9 Å². The van der Waals surface area contributed by atoms with Crippen LogP contribution in [-0.2, 0) is 28.6 Å². The molecule has 0 amide bonds. The molecule has 67 heavy (non-hydrogen) atoms. The first-order valence-corrected chi connectivity index (χ1v) is 28.4. The second kappa shape index (κ2) is 55.4. The number of hydrogen-bond donors (Lipinski definition) is 0. The van der Waals surface area contributed by atoms with Gasteiger partial charge in [0.2, 0.25) is 0 Å². The Morgan fingerprint density at radius 2 is 0.582 bits per heavy atom. The number of carbonyl (C=O) groups is 3. The number of carbonyl (C=O) groups excluding carboxylic acids is 3. The predicted octanol–water partition coefficient (Wildman–Crippen LogP) is 19.0. The SMILES string of the molecule is CC/C=C\C/C=C\C/C=C\C/C=C\CCCCCCC(=O)O[C@H](COC(=O)CCCCCCC/C=C\C/C=C\CCCCC)COC(=O)CCCCCCCCCCCCCCCCCCC. The van der Waals surface area contributed by atoms with Gasteiger partial charge < -0.3 is 14.2 Å². The van der Waals surface area contributed by atoms with Gasteiger partial charge in [-0.15, -0.1) is 0 Å². The lowest BCUT2D eigenvalue weighted by Crippen LogP contribution is -2.30. The van der Waals surface area contributed by atoms with Gasteiger partial charge in [0.15, 0.2) is 6.10 Å². The van der Waals surface area contributed by atoms with Crippen LogP contribution in [0.2, 0.25) is 0 Å². The zero-order chi connectivity index (χ0) is 48.6. The molecule has 0 N–H and O–H groups in total. The molecule has 0 saturated heterocycles. The highest BCUT2D eigenvalue weighted by molar-refractivity contribution is 5.71. The van der Waals surface area contributed by atoms with Crippen molar-refractivity contribution in [1.82, 2.24) is 0 Å². The second-order valence-corrected chi connectivity index (χ2v) is 18.8. The Kier molecular flexibility index (Phi) is 52.8. The van der Waals surface area contributed by atoms with E-state index in [0.717, 1.165) is 116 Å². The fraction of sp³-hybridized carbons (Fsp3) is 0.754. The van der Waals surface area contributed by atoms with Crippen LogP contribution in [0.5, 0.6) is 0 Å². The van der Waals surface area contributed by atoms with E-state index in [4.69, 9.17) is 14.2 Å². The molecule has 0 heterocycles. The average molecular weight is 936 g/mol. The summed E-state index contributed by atoms with van der Waals surface area (Å²) in [4.78, 5) is 38.1. The van der Waals surface area contributed by atoms with Crippen molar-refractivity contribution in [3.05, 3.63) is 72.9 Å². The minimum Gasteiger partial charge on any atom is -0.462 e. The third-order valence-corrected chi connectivity index (χ3v) is 12.2. The van der Waals surface area contributed by atoms with Crippen LogP contribution in [0.25, 0.3) is 0 Å². The number of unbranched alkanes of at least 4 members (excludes halogenated alkanes) is 28. The predicted molar refractivity (Wildman–Crippen MR) is 288 cm³/mol. The Morgan fingerprint density at radius 1 is 0.313 bits per heavy atom. The van der Waals surface area contributed by atoms with Gasteiger partial charge in [0.1, 0.15) is 13.2 Å². The van der Waals surface area contributed by atoms with Gasteiger partial charge in [0, 0.05) is 19.3 Å². The van der Waals surface area contributed by atoms with Crippen LogP contribution in [0.4, 0.5) is 0 Å². The minimum atomic E-state index is -0.793. The van der Waals surface area contributed by atoms with Gasteiger partial charge in [-0.1, -0.05) is 241 Å². The maximum atomic E-state index is 12.8. The molecule has 0 aliphatic carbocycles. The maximum absolute atomic E-state index is 12.8. The third kappa shape index (κ3) is 53.7. The average Bonchev–Trinajstić information content (AvgIpc) is 3.33. The van der Waals surface area contributed by atoms with Crippen molar-refractivity contribution in [2.24, 2.45) is 0 Å². The van der Waals surface area contributed by atoms with Crippen molar-refractivity contribution >= 4 is 17.9 Å². The minimum absolute atomic E-state index is 0.0879. The van der Waals surface area contributed by atoms with Gasteiger partial charge in [-0.25, -0.2) is 0 Å². The lowest BCUT2D eigenvalue weighted by molar-refractivity contribution is -0.167. The Balaban J connectivity index is 4.43. The number of allylic oxidation sites excluding steroid dienone is 12. The molecule has 386 valence electrons. The van der Waals surface area contributed by atoms with Crippen molar-refractivity contribution in [1.29, 1.82) is 0 Å². The van der Waals surface area contributed by atoms with Gasteiger partial charge in [0.05, 0.1) is 0 Å². The number of esters is 3. The monoisotopic (exact) mass is 935 g/mol. The van der Waals surface area contributed by atoms with Crippen LogP contribution in [0.15, 0.2) is 72.9 Å². The van der Waals surface area contributed by atoms with Crippen LogP contribution in [0, 0.1) is 0 Å². The topological polar surface area (TPSA) is 78.9 Å². The van der Waals surface area contributed by atoms with Gasteiger partial charge in [0.25, 0.3) is 0 Å². The second-order valence-electron chi connectivity index (χ2n) is 18.8. The van der Waals surface area contributed by atoms with E-state index in [0.29, 0.717) is 19.3 Å². The first kappa shape index (κ1) is 63.8. The Labute approximate surface area is 414 Å². The summed E-state index contributed by atoms with van der Waals surface area (Å²) < 4.78 is 16.8. The summed E-state index contributed by atoms with van der Waals surface area (Å²) in [6, 6.07) is 0. The van der Waals surface area contributed by atoms with Crippen molar-refractivity contribution in [3.8, 4) is 0 Å². The van der Waals surface area contributed by atoms with Crippen LogP contribution < -0.4 is 0 Å². The van der Waals surface area contributed by atoms with Crippen molar-refractivity contribution in [3.63, 3.8) is 0 Å². The van der Waals surface area contributed by atoms with E-state index in [-0.39, 0.29) is 31.1 Å². The molecular weight excluding hydrogens is 829 g/mol. The van der Waals surface area contributed by atoms with Gasteiger partial charge in [-0.3, -0.25) is 14.4 Å². The first-order valence-electron chi connectivity index (χ1n) is 28.4. The summed E-state index contributed by atoms with van der Waals surface area (Å²) in [6.07, 6.45) is 70.3. The van der Waals surface area contributed by atoms with E-state index < -0.39 is 6.10 Å². The summed E-state index contributed by atoms with van der Waals surface area (Å²) in [6.45, 7) is 6.49. The molecule has 0 aliphatic rings. The zero-order valence-electron chi connectivity index (χ0n) is 44.2. The number of ether oxygens (including phenoxy) is 3. The van der Waals surface area contributed by atoms with E-state index in [2.05, 4.69) is 93.7 Å². The number of hydrogen-bond acceptors (Lipinski definition) is 6. The highest BCUT2D eigenvalue weighted by atomic mass is 16.6. The standard InChI is InChI=1S/C61H106O6/c1-4-7-10-13-16-19-22-25-28-30-33-36-39-42-45-48-51-54-60(63)66-57-58(56-65-59(62)53-50-47-44-41-38-35-32-27-24-21-18-15-12-9-6-3)67-61(64)55-52-49-46-43-40-37-34-31-29-26-23-20-17-14-11-8-5-2/h8,11,17-18,20-21,26-27,29,32,34,37,58H,4-7,9-10,12-16,19,22-25,28,30-31,33,35-36,38-57H2,1-3H3/b11-8-,20-17-,21-18-,29-26-,32-27-,37-34-/t58-/m1/s1. The van der Waals surface area contributed by atoms with Gasteiger partial charge in [-0.05, 0) is 89.9 Å². The van der Waals surface area contributed by atoms with E-state index in [1.165, 1.54) is 122 Å². The largest absolute Gasteiger partial charge is 0.462 e. The molecule has 0 aromatic rings. The molecule has 0 radical (unpaired) electrons. The van der Waals surface area contributed by atoms with Crippen LogP contribution in [0.1, 0.15) is 278 Å². The fourth-order valence-electron chi connectivity index (χ4n) is 7.93. The molecule has 0 aliphatic heterocycles. The Hall–Kier alpha value is -3.15. The molecule has 0 fully saturated rings. The normalized spacial score (nSPS) is 12.6. The summed E-state index contributed by atoms with van der Waals surface area (Å²) in [7, 11) is 0. The van der Waals surface area contributed by atoms with Crippen molar-refractivity contribution < 1.29 is 28.6 Å². The molecule has 1 atom stereocenters. The number of rotatable bonds is 51. The van der Waals surface area contributed by atoms with Crippen LogP contribution >= 0.6 is 0 Å². The quantitative estimate of drug-likeness (QED) is 0.0262. The molecule has 6 nitrogen and oxygen atoms in total. The molecule has 0 aromatic carbocycles. The van der Waals surface area contributed by atoms with Crippen LogP contribution in [-0.4, -0.2) is 37.2 Å². The maximum Gasteiger partial charge on any atom is 0.306 e. The first-order chi connectivity index (χ1) is 33.0. The smallest absolute Gasteiger partial charge is 0.306 e. The van der Waals surface area contributed by atoms with Crippen molar-refractivity contribution in [2.75, 3.05) is 13.2 Å². The van der Waals surface area contributed by atoms with E-state index in [1.54, 1.807) is 0 Å². The molecule has 0 bridgehead atoms. The summed E-state index contributed by atoms with van der Waals surface area (Å²) in [5.74, 6) is -0.917. The van der Waals surface area contributed by atoms with E-state index >= 15 is 0 Å². The summed E-state index contributed by atoms with van der Waals surface area (Å²) in [5.41, 5.74) is 0. The highest BCUT2D eigenvalue weighted by Gasteiger charge is 2.19. The highest BCUT2D eigenvalue weighted by Crippen LogP contribution is 2.16. The molecule has 0 aromatic heterocycles. The summed E-state index contributed by atoms with van der Waals surface area (Å²) >= 11 is 0. The lowest BCUT2D eigenvalue weighted by atomic mass is 10.0. The molecular formula is C61H106O6. The summed E-state index contributed by atoms with van der Waals surface area (Å²) in [5, 5.41) is 0.